The van der Waals surface area contributed by atoms with Gasteiger partial charge in [0, 0.05) is 18.4 Å². The lowest BCUT2D eigenvalue weighted by molar-refractivity contribution is -0.142. The Morgan fingerprint density at radius 3 is 2.54 bits per heavy atom. The molecule has 2 N–H and O–H groups in total. The summed E-state index contributed by atoms with van der Waals surface area (Å²) in [4.78, 5) is 18.1. The summed E-state index contributed by atoms with van der Waals surface area (Å²) in [5.74, 6) is -0.723. The topological polar surface area (TPSA) is 128 Å². The molecule has 0 fully saturated rings. The number of aliphatic imine (C=N–C) groups is 1. The average Bonchev–Trinajstić information content (AvgIpc) is 3.28. The van der Waals surface area contributed by atoms with E-state index in [1.54, 1.807) is 6.07 Å². The minimum atomic E-state index is -4.82. The third-order valence-electron chi connectivity index (χ3n) is 4.72. The van der Waals surface area contributed by atoms with Gasteiger partial charge in [-0.3, -0.25) is 9.79 Å². The zero-order valence-corrected chi connectivity index (χ0v) is 21.0. The number of sulfone groups is 1. The molecule has 0 aliphatic carbocycles. The van der Waals surface area contributed by atoms with E-state index < -0.39 is 34.2 Å². The van der Waals surface area contributed by atoms with Gasteiger partial charge in [-0.1, -0.05) is 37.3 Å². The summed E-state index contributed by atoms with van der Waals surface area (Å²) in [6.45, 7) is 5.58. The molecule has 1 aromatic heterocycles. The zero-order chi connectivity index (χ0) is 26.2. The average molecular weight is 534 g/mol. The third-order valence-corrected chi connectivity index (χ3v) is 6.82. The quantitative estimate of drug-likeness (QED) is 0.345. The molecule has 0 saturated carbocycles. The number of ether oxygens (including phenoxy) is 1. The highest BCUT2D eigenvalue weighted by Gasteiger charge is 2.32. The summed E-state index contributed by atoms with van der Waals surface area (Å²) in [6.07, 6.45) is -3.20. The van der Waals surface area contributed by atoms with Crippen LogP contribution in [-0.4, -0.2) is 80.4 Å². The molecule has 0 saturated heterocycles. The van der Waals surface area contributed by atoms with Gasteiger partial charge in [0.15, 0.2) is 14.8 Å². The Hall–Kier alpha value is -2.84. The fourth-order valence-electron chi connectivity index (χ4n) is 2.73. The Labute approximate surface area is 205 Å². The van der Waals surface area contributed by atoms with Gasteiger partial charge in [0.05, 0.1) is 10.6 Å². The second-order valence-electron chi connectivity index (χ2n) is 7.26. The number of allylic oxidation sites excluding steroid dienone is 2. The molecule has 1 heterocycles. The van der Waals surface area contributed by atoms with Crippen LogP contribution in [0.5, 0.6) is 0 Å². The molecule has 0 aliphatic heterocycles. The predicted octanol–water partition coefficient (Wildman–Crippen LogP) is 2.69. The molecular weight excluding hydrogens is 507 g/mol. The Morgan fingerprint density at radius 1 is 1.26 bits per heavy atom. The van der Waals surface area contributed by atoms with Crippen LogP contribution in [0.4, 0.5) is 13.2 Å². The van der Waals surface area contributed by atoms with E-state index in [1.807, 2.05) is 18.7 Å². The highest BCUT2D eigenvalue weighted by molar-refractivity contribution is 7.90. The van der Waals surface area contributed by atoms with Crippen LogP contribution in [0.25, 0.3) is 10.6 Å². The maximum atomic E-state index is 13.0. The molecule has 0 radical (unpaired) electrons. The van der Waals surface area contributed by atoms with E-state index in [2.05, 4.69) is 15.2 Å². The Bertz CT molecular complexity index is 1190. The summed E-state index contributed by atoms with van der Waals surface area (Å²) in [7, 11) is -3.48. The van der Waals surface area contributed by atoms with Gasteiger partial charge in [0.25, 0.3) is 0 Å². The van der Waals surface area contributed by atoms with E-state index in [-0.39, 0.29) is 27.2 Å². The normalized spacial score (nSPS) is 13.3. The predicted molar refractivity (Wildman–Crippen MR) is 127 cm³/mol. The third kappa shape index (κ3) is 8.71. The number of benzene rings is 1. The first-order valence-corrected chi connectivity index (χ1v) is 13.2. The Morgan fingerprint density at radius 2 is 1.94 bits per heavy atom. The molecule has 2 rings (SSSR count). The molecule has 14 heteroatoms. The van der Waals surface area contributed by atoms with Crippen molar-refractivity contribution in [2.75, 3.05) is 39.0 Å². The number of nitrogens with zero attached hydrogens (tertiary/aromatic N) is 4. The van der Waals surface area contributed by atoms with Crippen LogP contribution in [-0.2, 0) is 19.4 Å². The van der Waals surface area contributed by atoms with E-state index in [0.29, 0.717) is 18.2 Å². The molecule has 0 atom stereocenters. The van der Waals surface area contributed by atoms with Crippen molar-refractivity contribution >= 4 is 32.9 Å². The van der Waals surface area contributed by atoms with Gasteiger partial charge in [-0.25, -0.2) is 8.42 Å². The molecule has 0 amide bonds. The zero-order valence-electron chi connectivity index (χ0n) is 19.4. The van der Waals surface area contributed by atoms with E-state index in [9.17, 15) is 26.4 Å². The smallest absolute Gasteiger partial charge is 0.430 e. The molecule has 0 aliphatic rings. The number of likely N-dealkylation sites (N-methyl/N-ethyl adjacent to an activating group) is 1. The Balaban J connectivity index is 2.29. The largest absolute Gasteiger partial charge is 0.463 e. The van der Waals surface area contributed by atoms with Crippen molar-refractivity contribution in [3.8, 4) is 10.6 Å². The summed E-state index contributed by atoms with van der Waals surface area (Å²) < 4.78 is 67.8. The number of aromatic nitrogens is 2. The van der Waals surface area contributed by atoms with Gasteiger partial charge >= 0.3 is 12.1 Å². The summed E-state index contributed by atoms with van der Waals surface area (Å²) in [5.41, 5.74) is 3.82. The van der Waals surface area contributed by atoms with Gasteiger partial charge in [-0.15, -0.1) is 10.2 Å². The van der Waals surface area contributed by atoms with Crippen molar-refractivity contribution in [3.05, 3.63) is 41.0 Å². The van der Waals surface area contributed by atoms with Crippen molar-refractivity contribution in [2.45, 2.75) is 24.9 Å². The van der Waals surface area contributed by atoms with Gasteiger partial charge in [-0.2, -0.15) is 13.2 Å². The van der Waals surface area contributed by atoms with E-state index in [4.69, 9.17) is 10.5 Å². The van der Waals surface area contributed by atoms with Gasteiger partial charge in [-0.05, 0) is 31.3 Å². The minimum absolute atomic E-state index is 0.0344. The molecule has 9 nitrogen and oxygen atoms in total. The SMILES string of the molecule is CCN(CC)CCOC(=O)CN=C(C=C(N)C(F)(F)F)c1nnc(-c2cccc(S(C)(=O)=O)c2)s1. The van der Waals surface area contributed by atoms with Crippen molar-refractivity contribution in [1.82, 2.24) is 15.1 Å². The highest BCUT2D eigenvalue weighted by Crippen LogP contribution is 2.27. The number of carbonyl (C=O) groups is 1. The number of rotatable bonds is 11. The molecule has 2 aromatic rings. The van der Waals surface area contributed by atoms with Gasteiger partial charge in [0.2, 0.25) is 0 Å². The maximum absolute atomic E-state index is 13.0. The minimum Gasteiger partial charge on any atom is -0.463 e. The van der Waals surface area contributed by atoms with Crippen molar-refractivity contribution in [3.63, 3.8) is 0 Å². The molecule has 0 unspecified atom stereocenters. The standard InChI is InChI=1S/C21H26F3N5O4S2/c1-4-29(5-2)9-10-33-18(30)13-26-16(12-17(25)21(22,23)24)20-28-27-19(34-20)14-7-6-8-15(11-14)35(3,31)32/h6-8,11-12H,4-5,9-10,13,25H2,1-3H3. The number of hydrogen-bond donors (Lipinski definition) is 1. The first-order chi connectivity index (χ1) is 16.3. The van der Waals surface area contributed by atoms with Crippen molar-refractivity contribution < 1.29 is 31.1 Å². The summed E-state index contributed by atoms with van der Waals surface area (Å²) >= 11 is 0.871. The Kier molecular flexibility index (Phi) is 9.92. The van der Waals surface area contributed by atoms with Crippen LogP contribution in [0.15, 0.2) is 45.9 Å². The van der Waals surface area contributed by atoms with Gasteiger partial charge < -0.3 is 15.4 Å². The van der Waals surface area contributed by atoms with Crippen LogP contribution >= 0.6 is 11.3 Å². The fourth-order valence-corrected chi connectivity index (χ4v) is 4.22. The molecule has 192 valence electrons. The van der Waals surface area contributed by atoms with Gasteiger partial charge in [0.1, 0.15) is 23.9 Å². The lowest BCUT2D eigenvalue weighted by Crippen LogP contribution is -2.28. The van der Waals surface area contributed by atoms with Crippen molar-refractivity contribution in [2.24, 2.45) is 10.7 Å². The fraction of sp³-hybridized carbons (Fsp3) is 0.429. The monoisotopic (exact) mass is 533 g/mol. The lowest BCUT2D eigenvalue weighted by Gasteiger charge is -2.17. The van der Waals surface area contributed by atoms with E-state index in [0.717, 1.165) is 30.7 Å². The second kappa shape index (κ2) is 12.2. The van der Waals surface area contributed by atoms with Crippen molar-refractivity contribution in [1.29, 1.82) is 0 Å². The van der Waals surface area contributed by atoms with Crippen LogP contribution in [0, 0.1) is 0 Å². The van der Waals surface area contributed by atoms with Crippen LogP contribution < -0.4 is 5.73 Å². The van der Waals surface area contributed by atoms with E-state index >= 15 is 0 Å². The van der Waals surface area contributed by atoms with E-state index in [1.165, 1.54) is 18.2 Å². The summed E-state index contributed by atoms with van der Waals surface area (Å²) in [5, 5.41) is 8.02. The molecule has 1 aromatic carbocycles. The first kappa shape index (κ1) is 28.4. The van der Waals surface area contributed by atoms with Crippen LogP contribution in [0.1, 0.15) is 18.9 Å². The van der Waals surface area contributed by atoms with Crippen LogP contribution in [0.2, 0.25) is 0 Å². The molecule has 0 bridgehead atoms. The first-order valence-electron chi connectivity index (χ1n) is 10.5. The highest BCUT2D eigenvalue weighted by atomic mass is 32.2. The number of nitrogens with two attached hydrogens (primary N) is 1. The number of halogens is 3. The number of esters is 1. The molecule has 0 spiro atoms. The number of hydrogen-bond acceptors (Lipinski definition) is 10. The second-order valence-corrected chi connectivity index (χ2v) is 10.3. The van der Waals surface area contributed by atoms with Crippen LogP contribution in [0.3, 0.4) is 0 Å². The molecule has 35 heavy (non-hydrogen) atoms. The molecular formula is C21H26F3N5O4S2. The maximum Gasteiger partial charge on any atom is 0.430 e. The number of alkyl halides is 3. The lowest BCUT2D eigenvalue weighted by atomic mass is 10.2. The number of carbonyl (C=O) groups excluding carboxylic acids is 1. The summed E-state index contributed by atoms with van der Waals surface area (Å²) in [6, 6.07) is 5.89.